The van der Waals surface area contributed by atoms with Crippen LogP contribution < -0.4 is 0 Å². The highest BCUT2D eigenvalue weighted by atomic mass is 16.7. The summed E-state index contributed by atoms with van der Waals surface area (Å²) < 4.78 is 10.9. The van der Waals surface area contributed by atoms with Crippen molar-refractivity contribution >= 4 is 0 Å². The molecule has 0 saturated carbocycles. The standard InChI is InChI=1S/C9H16O4/c1-5-9(3,11)7-8(2,13-5)4-6(10)12-7/h5-7,10-11H,4H2,1-3H3. The van der Waals surface area contributed by atoms with Crippen LogP contribution in [0, 0.1) is 0 Å². The molecule has 0 radical (unpaired) electrons. The molecule has 0 spiro atoms. The predicted molar refractivity (Wildman–Crippen MR) is 45.1 cm³/mol. The molecule has 5 unspecified atom stereocenters. The maximum absolute atomic E-state index is 10.1. The van der Waals surface area contributed by atoms with Crippen molar-refractivity contribution in [2.24, 2.45) is 0 Å². The highest BCUT2D eigenvalue weighted by Crippen LogP contribution is 2.47. The lowest BCUT2D eigenvalue weighted by Crippen LogP contribution is -2.46. The van der Waals surface area contributed by atoms with E-state index in [1.54, 1.807) is 6.92 Å². The maximum Gasteiger partial charge on any atom is 0.158 e. The average Bonchev–Trinajstić information content (AvgIpc) is 2.32. The van der Waals surface area contributed by atoms with Gasteiger partial charge in [-0.3, -0.25) is 0 Å². The quantitative estimate of drug-likeness (QED) is 0.562. The van der Waals surface area contributed by atoms with Crippen LogP contribution in [0.15, 0.2) is 0 Å². The molecule has 5 atom stereocenters. The highest BCUT2D eigenvalue weighted by Gasteiger charge is 2.62. The van der Waals surface area contributed by atoms with Gasteiger partial charge in [-0.1, -0.05) is 0 Å². The Hall–Kier alpha value is -0.160. The molecule has 2 N–H and O–H groups in total. The minimum absolute atomic E-state index is 0.255. The molecule has 2 fully saturated rings. The molecule has 2 heterocycles. The molecule has 0 bridgehead atoms. The van der Waals surface area contributed by atoms with Crippen LogP contribution in [0.5, 0.6) is 0 Å². The molecule has 0 aromatic rings. The predicted octanol–water partition coefficient (Wildman–Crippen LogP) is 0.0221. The minimum Gasteiger partial charge on any atom is -0.385 e. The van der Waals surface area contributed by atoms with Crippen molar-refractivity contribution in [3.05, 3.63) is 0 Å². The largest absolute Gasteiger partial charge is 0.385 e. The van der Waals surface area contributed by atoms with Gasteiger partial charge in [-0.15, -0.1) is 0 Å². The smallest absolute Gasteiger partial charge is 0.158 e. The van der Waals surface area contributed by atoms with Crippen molar-refractivity contribution in [2.75, 3.05) is 0 Å². The van der Waals surface area contributed by atoms with E-state index in [1.165, 1.54) is 0 Å². The molecule has 2 aliphatic rings. The molecule has 2 rings (SSSR count). The second-order valence-electron chi connectivity index (χ2n) is 4.47. The molecule has 0 aromatic heterocycles. The first-order valence-corrected chi connectivity index (χ1v) is 4.60. The van der Waals surface area contributed by atoms with Gasteiger partial charge in [0.15, 0.2) is 6.29 Å². The summed E-state index contributed by atoms with van der Waals surface area (Å²) in [5, 5.41) is 19.4. The molecule has 0 aliphatic carbocycles. The lowest BCUT2D eigenvalue weighted by atomic mass is 9.87. The lowest BCUT2D eigenvalue weighted by molar-refractivity contribution is -0.153. The molecule has 76 valence electrons. The van der Waals surface area contributed by atoms with Gasteiger partial charge in [0.2, 0.25) is 0 Å². The molecule has 4 heteroatoms. The molecule has 13 heavy (non-hydrogen) atoms. The molecule has 2 saturated heterocycles. The zero-order valence-electron chi connectivity index (χ0n) is 8.15. The number of hydrogen-bond donors (Lipinski definition) is 2. The average molecular weight is 188 g/mol. The van der Waals surface area contributed by atoms with Gasteiger partial charge in [-0.2, -0.15) is 0 Å². The summed E-state index contributed by atoms with van der Waals surface area (Å²) in [5.74, 6) is 0. The number of aliphatic hydroxyl groups excluding tert-OH is 1. The summed E-state index contributed by atoms with van der Waals surface area (Å²) in [7, 11) is 0. The molecule has 4 nitrogen and oxygen atoms in total. The third kappa shape index (κ3) is 1.13. The molecule has 0 amide bonds. The summed E-state index contributed by atoms with van der Waals surface area (Å²) in [6.07, 6.45) is -1.06. The van der Waals surface area contributed by atoms with Gasteiger partial charge in [-0.05, 0) is 20.8 Å². The van der Waals surface area contributed by atoms with E-state index in [1.807, 2.05) is 13.8 Å². The van der Waals surface area contributed by atoms with Crippen molar-refractivity contribution in [2.45, 2.75) is 56.9 Å². The van der Waals surface area contributed by atoms with Gasteiger partial charge in [0, 0.05) is 6.42 Å². The van der Waals surface area contributed by atoms with E-state index < -0.39 is 23.6 Å². The van der Waals surface area contributed by atoms with Crippen molar-refractivity contribution in [3.8, 4) is 0 Å². The second kappa shape index (κ2) is 2.45. The third-order valence-corrected chi connectivity index (χ3v) is 3.23. The minimum atomic E-state index is -1.01. The van der Waals surface area contributed by atoms with Gasteiger partial charge in [-0.25, -0.2) is 0 Å². The summed E-state index contributed by atoms with van der Waals surface area (Å²) in [4.78, 5) is 0. The first-order chi connectivity index (χ1) is 5.86. The maximum atomic E-state index is 10.1. The first kappa shape index (κ1) is 9.40. The Morgan fingerprint density at radius 1 is 1.38 bits per heavy atom. The Morgan fingerprint density at radius 3 is 2.54 bits per heavy atom. The fraction of sp³-hybridized carbons (Fsp3) is 1.00. The first-order valence-electron chi connectivity index (χ1n) is 4.60. The van der Waals surface area contributed by atoms with Crippen LogP contribution >= 0.6 is 0 Å². The molecule has 0 aromatic carbocycles. The molecular weight excluding hydrogens is 172 g/mol. The van der Waals surface area contributed by atoms with Gasteiger partial charge in [0.05, 0.1) is 11.7 Å². The van der Waals surface area contributed by atoms with Crippen LogP contribution in [0.25, 0.3) is 0 Å². The number of rotatable bonds is 0. The zero-order valence-corrected chi connectivity index (χ0v) is 8.15. The summed E-state index contributed by atoms with van der Waals surface area (Å²) in [5.41, 5.74) is -1.55. The van der Waals surface area contributed by atoms with Gasteiger partial charge < -0.3 is 19.7 Å². The fourth-order valence-electron chi connectivity index (χ4n) is 2.41. The number of aliphatic hydroxyl groups is 2. The number of hydrogen-bond acceptors (Lipinski definition) is 4. The van der Waals surface area contributed by atoms with Crippen LogP contribution in [0.4, 0.5) is 0 Å². The van der Waals surface area contributed by atoms with Crippen molar-refractivity contribution in [1.82, 2.24) is 0 Å². The van der Waals surface area contributed by atoms with E-state index in [4.69, 9.17) is 9.47 Å². The Kier molecular flexibility index (Phi) is 1.77. The van der Waals surface area contributed by atoms with Gasteiger partial charge >= 0.3 is 0 Å². The van der Waals surface area contributed by atoms with Crippen LogP contribution in [0.3, 0.4) is 0 Å². The summed E-state index contributed by atoms with van der Waals surface area (Å²) >= 11 is 0. The van der Waals surface area contributed by atoms with Crippen LogP contribution in [-0.2, 0) is 9.47 Å². The van der Waals surface area contributed by atoms with E-state index in [9.17, 15) is 10.2 Å². The molecular formula is C9H16O4. The number of ether oxygens (including phenoxy) is 2. The summed E-state index contributed by atoms with van der Waals surface area (Å²) in [6.45, 7) is 5.37. The second-order valence-corrected chi connectivity index (χ2v) is 4.47. The Labute approximate surface area is 77.5 Å². The van der Waals surface area contributed by atoms with Crippen molar-refractivity contribution in [1.29, 1.82) is 0 Å². The van der Waals surface area contributed by atoms with Gasteiger partial charge in [0.25, 0.3) is 0 Å². The van der Waals surface area contributed by atoms with Crippen molar-refractivity contribution in [3.63, 3.8) is 0 Å². The third-order valence-electron chi connectivity index (χ3n) is 3.23. The number of fused-ring (bicyclic) bond motifs is 1. The monoisotopic (exact) mass is 188 g/mol. The Bertz CT molecular complexity index is 228. The van der Waals surface area contributed by atoms with E-state index >= 15 is 0 Å². The van der Waals surface area contributed by atoms with Crippen LogP contribution in [0.2, 0.25) is 0 Å². The van der Waals surface area contributed by atoms with Crippen LogP contribution in [-0.4, -0.2) is 39.9 Å². The fourth-order valence-corrected chi connectivity index (χ4v) is 2.41. The normalized spacial score (nSPS) is 61.2. The topological polar surface area (TPSA) is 58.9 Å². The van der Waals surface area contributed by atoms with E-state index in [2.05, 4.69) is 0 Å². The highest BCUT2D eigenvalue weighted by molar-refractivity contribution is 5.10. The van der Waals surface area contributed by atoms with E-state index in [0.717, 1.165) is 0 Å². The van der Waals surface area contributed by atoms with Crippen LogP contribution in [0.1, 0.15) is 27.2 Å². The SMILES string of the molecule is CC1OC2(C)CC(O)OC2C1(C)O. The van der Waals surface area contributed by atoms with E-state index in [0.29, 0.717) is 6.42 Å². The van der Waals surface area contributed by atoms with Crippen molar-refractivity contribution < 1.29 is 19.7 Å². The van der Waals surface area contributed by atoms with E-state index in [-0.39, 0.29) is 6.10 Å². The Morgan fingerprint density at radius 2 is 2.00 bits per heavy atom. The zero-order chi connectivity index (χ0) is 9.85. The Balaban J connectivity index is 2.30. The van der Waals surface area contributed by atoms with Gasteiger partial charge in [0.1, 0.15) is 11.7 Å². The molecule has 2 aliphatic heterocycles. The lowest BCUT2D eigenvalue weighted by Gasteiger charge is -2.27. The summed E-state index contributed by atoms with van der Waals surface area (Å²) in [6, 6.07) is 0.